The number of carbonyl (C=O) groups is 1. The number of halogens is 2. The molecule has 2 fully saturated rings. The van der Waals surface area contributed by atoms with Gasteiger partial charge in [-0.25, -0.2) is 12.8 Å². The Kier molecular flexibility index (Phi) is 8.11. The molecule has 12 heteroatoms. The van der Waals surface area contributed by atoms with Crippen LogP contribution in [0.25, 0.3) is 0 Å². The van der Waals surface area contributed by atoms with E-state index < -0.39 is 15.9 Å². The molecular formula is C24H25ClFN5O4S. The van der Waals surface area contributed by atoms with E-state index in [2.05, 4.69) is 5.32 Å². The van der Waals surface area contributed by atoms with Gasteiger partial charge in [-0.05, 0) is 42.5 Å². The summed E-state index contributed by atoms with van der Waals surface area (Å²) in [6.07, 6.45) is 1.24. The molecule has 0 saturated carbocycles. The van der Waals surface area contributed by atoms with Crippen molar-refractivity contribution in [1.29, 1.82) is 5.26 Å². The van der Waals surface area contributed by atoms with E-state index in [1.807, 2.05) is 11.0 Å². The van der Waals surface area contributed by atoms with Crippen LogP contribution in [0.4, 0.5) is 15.8 Å². The summed E-state index contributed by atoms with van der Waals surface area (Å²) in [5.41, 5.74) is 0.984. The van der Waals surface area contributed by atoms with Crippen LogP contribution in [0.15, 0.2) is 59.1 Å². The van der Waals surface area contributed by atoms with Crippen molar-refractivity contribution in [2.45, 2.75) is 4.90 Å². The largest absolute Gasteiger partial charge is 0.379 e. The summed E-state index contributed by atoms with van der Waals surface area (Å²) in [7, 11) is -3.74. The molecule has 0 atom stereocenters. The fraction of sp³-hybridized carbons (Fsp3) is 0.333. The molecule has 0 spiro atoms. The second-order valence-corrected chi connectivity index (χ2v) is 10.6. The predicted octanol–water partition coefficient (Wildman–Crippen LogP) is 2.67. The Morgan fingerprint density at radius 1 is 1.06 bits per heavy atom. The number of amides is 1. The molecule has 0 unspecified atom stereocenters. The Balaban J connectivity index is 1.43. The lowest BCUT2D eigenvalue weighted by Gasteiger charge is -2.36. The molecule has 190 valence electrons. The summed E-state index contributed by atoms with van der Waals surface area (Å²) in [6, 6.07) is 12.3. The SMILES string of the molecule is N#C/C(=C/Nc1cc(S(=O)(=O)N2CCOCC2)ccc1Cl)C(=O)N1CCN(c2ccc(F)cc2)CC1. The Morgan fingerprint density at radius 2 is 1.72 bits per heavy atom. The zero-order valence-corrected chi connectivity index (χ0v) is 20.9. The summed E-state index contributed by atoms with van der Waals surface area (Å²) < 4.78 is 45.7. The van der Waals surface area contributed by atoms with Gasteiger partial charge in [0.1, 0.15) is 17.5 Å². The minimum absolute atomic E-state index is 0.0476. The van der Waals surface area contributed by atoms with Gasteiger partial charge in [0, 0.05) is 51.2 Å². The van der Waals surface area contributed by atoms with E-state index in [-0.39, 0.29) is 40.1 Å². The highest BCUT2D eigenvalue weighted by Gasteiger charge is 2.27. The number of nitrogens with zero attached hydrogens (tertiary/aromatic N) is 4. The van der Waals surface area contributed by atoms with Crippen LogP contribution in [-0.4, -0.2) is 76.0 Å². The van der Waals surface area contributed by atoms with Crippen molar-refractivity contribution in [2.75, 3.05) is 62.7 Å². The molecule has 1 amide bonds. The number of anilines is 2. The molecule has 1 N–H and O–H groups in total. The molecule has 2 aromatic rings. The average Bonchev–Trinajstić information content (AvgIpc) is 2.90. The molecule has 2 aliphatic rings. The van der Waals surface area contributed by atoms with Crippen LogP contribution >= 0.6 is 11.6 Å². The van der Waals surface area contributed by atoms with Crippen LogP contribution < -0.4 is 10.2 Å². The molecule has 2 aromatic carbocycles. The number of ether oxygens (including phenoxy) is 1. The summed E-state index contributed by atoms with van der Waals surface area (Å²) in [5, 5.41) is 12.6. The Morgan fingerprint density at radius 3 is 2.36 bits per heavy atom. The monoisotopic (exact) mass is 533 g/mol. The summed E-state index contributed by atoms with van der Waals surface area (Å²) in [4.78, 5) is 16.6. The lowest BCUT2D eigenvalue weighted by atomic mass is 10.2. The molecule has 0 radical (unpaired) electrons. The van der Waals surface area contributed by atoms with E-state index in [9.17, 15) is 22.9 Å². The number of piperazine rings is 1. The molecule has 0 aromatic heterocycles. The van der Waals surface area contributed by atoms with E-state index >= 15 is 0 Å². The van der Waals surface area contributed by atoms with E-state index in [1.54, 1.807) is 17.0 Å². The maximum atomic E-state index is 13.2. The third-order valence-corrected chi connectivity index (χ3v) is 8.25. The van der Waals surface area contributed by atoms with E-state index in [0.29, 0.717) is 39.4 Å². The Hall–Kier alpha value is -3.17. The minimum atomic E-state index is -3.74. The molecule has 36 heavy (non-hydrogen) atoms. The summed E-state index contributed by atoms with van der Waals surface area (Å²) in [6.45, 7) is 3.03. The lowest BCUT2D eigenvalue weighted by molar-refractivity contribution is -0.127. The van der Waals surface area contributed by atoms with Crippen molar-refractivity contribution in [3.8, 4) is 6.07 Å². The van der Waals surface area contributed by atoms with Gasteiger partial charge in [0.05, 0.1) is 28.8 Å². The van der Waals surface area contributed by atoms with Gasteiger partial charge in [-0.3, -0.25) is 4.79 Å². The average molecular weight is 534 g/mol. The highest BCUT2D eigenvalue weighted by atomic mass is 35.5. The van der Waals surface area contributed by atoms with Crippen LogP contribution in [0.2, 0.25) is 5.02 Å². The maximum absolute atomic E-state index is 13.2. The zero-order chi connectivity index (χ0) is 25.7. The van der Waals surface area contributed by atoms with Crippen molar-refractivity contribution >= 4 is 38.9 Å². The normalized spacial score (nSPS) is 17.5. The second kappa shape index (κ2) is 11.3. The number of benzene rings is 2. The van der Waals surface area contributed by atoms with Gasteiger partial charge in [0.2, 0.25) is 10.0 Å². The second-order valence-electron chi connectivity index (χ2n) is 8.23. The van der Waals surface area contributed by atoms with Gasteiger partial charge >= 0.3 is 0 Å². The van der Waals surface area contributed by atoms with Crippen LogP contribution in [0, 0.1) is 17.1 Å². The van der Waals surface area contributed by atoms with E-state index in [4.69, 9.17) is 16.3 Å². The van der Waals surface area contributed by atoms with E-state index in [1.165, 1.54) is 40.8 Å². The van der Waals surface area contributed by atoms with Gasteiger partial charge < -0.3 is 19.9 Å². The van der Waals surface area contributed by atoms with Crippen LogP contribution in [0.1, 0.15) is 0 Å². The number of nitrogens with one attached hydrogen (secondary N) is 1. The minimum Gasteiger partial charge on any atom is -0.379 e. The Bertz CT molecular complexity index is 1280. The first kappa shape index (κ1) is 25.9. The number of hydrogen-bond donors (Lipinski definition) is 1. The molecule has 0 bridgehead atoms. The van der Waals surface area contributed by atoms with Crippen molar-refractivity contribution in [3.63, 3.8) is 0 Å². The first-order chi connectivity index (χ1) is 17.3. The molecule has 0 aliphatic carbocycles. The fourth-order valence-corrected chi connectivity index (χ4v) is 5.60. The topological polar surface area (TPSA) is 106 Å². The van der Waals surface area contributed by atoms with Gasteiger partial charge in [0.25, 0.3) is 5.91 Å². The van der Waals surface area contributed by atoms with Crippen molar-refractivity contribution in [1.82, 2.24) is 9.21 Å². The summed E-state index contributed by atoms with van der Waals surface area (Å²) in [5.74, 6) is -0.759. The van der Waals surface area contributed by atoms with Gasteiger partial charge in [-0.15, -0.1) is 0 Å². The molecular weight excluding hydrogens is 509 g/mol. The summed E-state index contributed by atoms with van der Waals surface area (Å²) >= 11 is 6.24. The molecule has 9 nitrogen and oxygen atoms in total. The number of sulfonamides is 1. The smallest absolute Gasteiger partial charge is 0.266 e. The van der Waals surface area contributed by atoms with Gasteiger partial charge in [-0.1, -0.05) is 11.6 Å². The first-order valence-electron chi connectivity index (χ1n) is 11.3. The highest BCUT2D eigenvalue weighted by molar-refractivity contribution is 7.89. The Labute approximate surface area is 214 Å². The van der Waals surface area contributed by atoms with Crippen LogP contribution in [0.5, 0.6) is 0 Å². The number of nitriles is 1. The molecule has 2 aliphatic heterocycles. The number of rotatable bonds is 6. The molecule has 2 heterocycles. The van der Waals surface area contributed by atoms with Gasteiger partial charge in [-0.2, -0.15) is 9.57 Å². The fourth-order valence-electron chi connectivity index (χ4n) is 3.99. The first-order valence-corrected chi connectivity index (χ1v) is 13.2. The standard InChI is InChI=1S/C24H25ClFN5O4S/c25-22-6-5-21(36(33,34)31-11-13-35-14-12-31)15-23(22)28-17-18(16-27)24(32)30-9-7-29(8-10-30)20-3-1-19(26)2-4-20/h1-6,15,17,28H,7-14H2/b18-17-. The van der Waals surface area contributed by atoms with Crippen molar-refractivity contribution in [2.24, 2.45) is 0 Å². The number of morpholine rings is 1. The molecule has 4 rings (SSSR count). The van der Waals surface area contributed by atoms with Crippen molar-refractivity contribution in [3.05, 3.63) is 65.1 Å². The number of hydrogen-bond acceptors (Lipinski definition) is 7. The number of carbonyl (C=O) groups excluding carboxylic acids is 1. The van der Waals surface area contributed by atoms with E-state index in [0.717, 1.165) is 5.69 Å². The third kappa shape index (κ3) is 5.79. The lowest BCUT2D eigenvalue weighted by Crippen LogP contribution is -2.49. The highest BCUT2D eigenvalue weighted by Crippen LogP contribution is 2.28. The van der Waals surface area contributed by atoms with Crippen molar-refractivity contribution < 1.29 is 22.3 Å². The van der Waals surface area contributed by atoms with Crippen LogP contribution in [0.3, 0.4) is 0 Å². The third-order valence-electron chi connectivity index (χ3n) is 6.03. The quantitative estimate of drug-likeness (QED) is 0.449. The van der Waals surface area contributed by atoms with Gasteiger partial charge in [0.15, 0.2) is 0 Å². The maximum Gasteiger partial charge on any atom is 0.266 e. The zero-order valence-electron chi connectivity index (χ0n) is 19.4. The van der Waals surface area contributed by atoms with Crippen LogP contribution in [-0.2, 0) is 19.6 Å². The molecule has 2 saturated heterocycles. The predicted molar refractivity (Wildman–Crippen MR) is 134 cm³/mol.